The monoisotopic (exact) mass is 291 g/mol. The highest BCUT2D eigenvalue weighted by molar-refractivity contribution is 5.30. The minimum Gasteiger partial charge on any atom is -0.497 e. The van der Waals surface area contributed by atoms with Gasteiger partial charge in [0.25, 0.3) is 0 Å². The van der Waals surface area contributed by atoms with Gasteiger partial charge >= 0.3 is 0 Å². The lowest BCUT2D eigenvalue weighted by atomic mass is 10.1. The molecule has 1 aromatic carbocycles. The van der Waals surface area contributed by atoms with E-state index < -0.39 is 0 Å². The van der Waals surface area contributed by atoms with E-state index in [1.807, 2.05) is 6.07 Å². The summed E-state index contributed by atoms with van der Waals surface area (Å²) in [5, 5.41) is 3.61. The summed E-state index contributed by atoms with van der Waals surface area (Å²) in [5.41, 5.74) is 1.30. The average molecular weight is 291 g/mol. The number of benzene rings is 1. The number of ether oxygens (including phenoxy) is 1. The Kier molecular flexibility index (Phi) is 6.49. The normalized spacial score (nSPS) is 17.3. The predicted molar refractivity (Wildman–Crippen MR) is 88.0 cm³/mol. The van der Waals surface area contributed by atoms with Crippen LogP contribution >= 0.6 is 0 Å². The molecule has 0 radical (unpaired) electrons. The predicted octanol–water partition coefficient (Wildman–Crippen LogP) is 1.98. The molecule has 4 heteroatoms. The molecule has 1 aliphatic rings. The van der Waals surface area contributed by atoms with Crippen LogP contribution in [0.4, 0.5) is 0 Å². The Balaban J connectivity index is 1.83. The van der Waals surface area contributed by atoms with Crippen LogP contribution < -0.4 is 10.1 Å². The largest absolute Gasteiger partial charge is 0.497 e. The van der Waals surface area contributed by atoms with Crippen LogP contribution in [0.2, 0.25) is 0 Å². The molecule has 0 bridgehead atoms. The maximum absolute atomic E-state index is 5.33. The van der Waals surface area contributed by atoms with Gasteiger partial charge in [0, 0.05) is 25.7 Å². The highest BCUT2D eigenvalue weighted by atomic mass is 16.5. The zero-order valence-electron chi connectivity index (χ0n) is 13.6. The third-order valence-corrected chi connectivity index (χ3v) is 4.24. The van der Waals surface area contributed by atoms with Crippen LogP contribution in [0.25, 0.3) is 0 Å². The molecule has 1 fully saturated rings. The Bertz CT molecular complexity index is 416. The molecule has 1 atom stereocenters. The van der Waals surface area contributed by atoms with Gasteiger partial charge in [0.15, 0.2) is 0 Å². The molecule has 1 saturated heterocycles. The van der Waals surface area contributed by atoms with Gasteiger partial charge in [0.05, 0.1) is 7.11 Å². The van der Waals surface area contributed by atoms with Gasteiger partial charge in [0.1, 0.15) is 5.75 Å². The zero-order chi connectivity index (χ0) is 15.1. The van der Waals surface area contributed by atoms with Crippen molar-refractivity contribution in [2.45, 2.75) is 18.9 Å². The molecule has 1 aliphatic heterocycles. The summed E-state index contributed by atoms with van der Waals surface area (Å²) in [6.45, 7) is 5.74. The lowest BCUT2D eigenvalue weighted by Gasteiger charge is -2.26. The summed E-state index contributed by atoms with van der Waals surface area (Å²) in [6.07, 6.45) is 2.73. The van der Waals surface area contributed by atoms with Gasteiger partial charge in [-0.15, -0.1) is 0 Å². The molecule has 1 heterocycles. The first kappa shape index (κ1) is 16.3. The Morgan fingerprint density at radius 1 is 1.29 bits per heavy atom. The fourth-order valence-electron chi connectivity index (χ4n) is 2.93. The van der Waals surface area contributed by atoms with E-state index in [1.54, 1.807) is 7.11 Å². The van der Waals surface area contributed by atoms with E-state index in [4.69, 9.17) is 4.74 Å². The van der Waals surface area contributed by atoms with Crippen LogP contribution in [0, 0.1) is 0 Å². The van der Waals surface area contributed by atoms with Gasteiger partial charge in [0.2, 0.25) is 0 Å². The van der Waals surface area contributed by atoms with E-state index in [-0.39, 0.29) is 0 Å². The van der Waals surface area contributed by atoms with Gasteiger partial charge in [-0.05, 0) is 57.7 Å². The Morgan fingerprint density at radius 2 is 2.05 bits per heavy atom. The van der Waals surface area contributed by atoms with Crippen molar-refractivity contribution in [3.05, 3.63) is 29.8 Å². The molecule has 2 rings (SSSR count). The minimum absolute atomic E-state index is 0.374. The highest BCUT2D eigenvalue weighted by Gasteiger charge is 2.15. The van der Waals surface area contributed by atoms with Gasteiger partial charge in [-0.2, -0.15) is 0 Å². The Labute approximate surface area is 129 Å². The van der Waals surface area contributed by atoms with Crippen LogP contribution in [0.1, 0.15) is 24.4 Å². The molecule has 1 N–H and O–H groups in total. The van der Waals surface area contributed by atoms with Crippen molar-refractivity contribution in [1.82, 2.24) is 15.1 Å². The molecule has 0 amide bonds. The number of likely N-dealkylation sites (N-methyl/N-ethyl adjacent to an activating group) is 1. The summed E-state index contributed by atoms with van der Waals surface area (Å²) in [6, 6.07) is 8.74. The van der Waals surface area contributed by atoms with Crippen molar-refractivity contribution in [2.24, 2.45) is 0 Å². The third kappa shape index (κ3) is 4.99. The van der Waals surface area contributed by atoms with Crippen molar-refractivity contribution in [2.75, 3.05) is 53.9 Å². The number of rotatable bonds is 8. The molecular formula is C17H29N3O. The second-order valence-corrected chi connectivity index (χ2v) is 6.01. The maximum atomic E-state index is 5.33. The summed E-state index contributed by atoms with van der Waals surface area (Å²) >= 11 is 0. The summed E-state index contributed by atoms with van der Waals surface area (Å²) in [4.78, 5) is 4.81. The van der Waals surface area contributed by atoms with Crippen molar-refractivity contribution in [1.29, 1.82) is 0 Å². The van der Waals surface area contributed by atoms with E-state index in [1.165, 1.54) is 31.5 Å². The van der Waals surface area contributed by atoms with E-state index in [9.17, 15) is 0 Å². The van der Waals surface area contributed by atoms with Gasteiger partial charge in [-0.1, -0.05) is 12.1 Å². The van der Waals surface area contributed by atoms with Crippen molar-refractivity contribution in [3.8, 4) is 5.75 Å². The SMILES string of the molecule is COc1cccc(C(CNCCN2CCCC2)N(C)C)c1. The van der Waals surface area contributed by atoms with Crippen molar-refractivity contribution >= 4 is 0 Å². The molecule has 21 heavy (non-hydrogen) atoms. The van der Waals surface area contributed by atoms with Crippen molar-refractivity contribution < 1.29 is 4.74 Å². The van der Waals surface area contributed by atoms with Crippen LogP contribution in [0.3, 0.4) is 0 Å². The first-order valence-corrected chi connectivity index (χ1v) is 7.94. The number of nitrogens with zero attached hydrogens (tertiary/aromatic N) is 2. The second-order valence-electron chi connectivity index (χ2n) is 6.01. The molecule has 0 aromatic heterocycles. The number of methoxy groups -OCH3 is 1. The second kappa shape index (κ2) is 8.37. The number of nitrogens with one attached hydrogen (secondary N) is 1. The smallest absolute Gasteiger partial charge is 0.119 e. The molecule has 1 unspecified atom stereocenters. The summed E-state index contributed by atoms with van der Waals surface area (Å²) in [7, 11) is 5.98. The van der Waals surface area contributed by atoms with Gasteiger partial charge < -0.3 is 19.9 Å². The average Bonchev–Trinajstić information content (AvgIpc) is 3.00. The lowest BCUT2D eigenvalue weighted by molar-refractivity contribution is 0.277. The fraction of sp³-hybridized carbons (Fsp3) is 0.647. The maximum Gasteiger partial charge on any atom is 0.119 e. The minimum atomic E-state index is 0.374. The molecule has 0 saturated carbocycles. The van der Waals surface area contributed by atoms with Crippen LogP contribution in [-0.4, -0.2) is 63.7 Å². The molecule has 4 nitrogen and oxygen atoms in total. The van der Waals surface area contributed by atoms with E-state index in [0.29, 0.717) is 6.04 Å². The molecule has 118 valence electrons. The van der Waals surface area contributed by atoms with E-state index in [2.05, 4.69) is 47.4 Å². The standard InChI is InChI=1S/C17H29N3O/c1-19(2)17(15-7-6-8-16(13-15)21-3)14-18-9-12-20-10-4-5-11-20/h6-8,13,17-18H,4-5,9-12,14H2,1-3H3. The Hall–Kier alpha value is -1.10. The number of hydrogen-bond donors (Lipinski definition) is 1. The van der Waals surface area contributed by atoms with Gasteiger partial charge in [-0.25, -0.2) is 0 Å². The number of hydrogen-bond acceptors (Lipinski definition) is 4. The number of likely N-dealkylation sites (tertiary alicyclic amines) is 1. The van der Waals surface area contributed by atoms with Gasteiger partial charge in [-0.3, -0.25) is 0 Å². The van der Waals surface area contributed by atoms with Crippen LogP contribution in [-0.2, 0) is 0 Å². The summed E-state index contributed by atoms with van der Waals surface area (Å²) < 4.78 is 5.33. The summed E-state index contributed by atoms with van der Waals surface area (Å²) in [5.74, 6) is 0.927. The Morgan fingerprint density at radius 3 is 2.71 bits per heavy atom. The molecule has 0 aliphatic carbocycles. The zero-order valence-corrected chi connectivity index (χ0v) is 13.6. The van der Waals surface area contributed by atoms with Crippen LogP contribution in [0.5, 0.6) is 5.75 Å². The van der Waals surface area contributed by atoms with Crippen molar-refractivity contribution in [3.63, 3.8) is 0 Å². The first-order chi connectivity index (χ1) is 10.2. The van der Waals surface area contributed by atoms with E-state index in [0.717, 1.165) is 25.4 Å². The fourth-order valence-corrected chi connectivity index (χ4v) is 2.93. The third-order valence-electron chi connectivity index (χ3n) is 4.24. The highest BCUT2D eigenvalue weighted by Crippen LogP contribution is 2.22. The molecular weight excluding hydrogens is 262 g/mol. The lowest BCUT2D eigenvalue weighted by Crippen LogP contribution is -2.35. The topological polar surface area (TPSA) is 27.7 Å². The quantitative estimate of drug-likeness (QED) is 0.741. The molecule has 1 aromatic rings. The van der Waals surface area contributed by atoms with Crippen LogP contribution in [0.15, 0.2) is 24.3 Å². The van der Waals surface area contributed by atoms with E-state index >= 15 is 0 Å². The molecule has 0 spiro atoms. The first-order valence-electron chi connectivity index (χ1n) is 7.94.